The van der Waals surface area contributed by atoms with Crippen molar-refractivity contribution in [1.29, 1.82) is 0 Å². The lowest BCUT2D eigenvalue weighted by atomic mass is 10.3. The molecule has 1 fully saturated rings. The highest BCUT2D eigenvalue weighted by molar-refractivity contribution is 5.39. The molecule has 1 atom stereocenters. The summed E-state index contributed by atoms with van der Waals surface area (Å²) >= 11 is 0. The van der Waals surface area contributed by atoms with Crippen LogP contribution in [0.15, 0.2) is 24.8 Å². The highest BCUT2D eigenvalue weighted by atomic mass is 19.4. The monoisotopic (exact) mass is 273 g/mol. The fourth-order valence-corrected chi connectivity index (χ4v) is 1.92. The van der Waals surface area contributed by atoms with E-state index in [2.05, 4.69) is 16.8 Å². The molecule has 1 unspecified atom stereocenters. The van der Waals surface area contributed by atoms with Gasteiger partial charge in [0.05, 0.1) is 12.7 Å². The Morgan fingerprint density at radius 2 is 2.21 bits per heavy atom. The number of alkyl halides is 3. The first-order valence-electron chi connectivity index (χ1n) is 5.89. The molecule has 1 aliphatic rings. The van der Waals surface area contributed by atoms with Crippen molar-refractivity contribution in [2.24, 2.45) is 0 Å². The zero-order chi connectivity index (χ0) is 13.9. The first kappa shape index (κ1) is 13.8. The van der Waals surface area contributed by atoms with Gasteiger partial charge < -0.3 is 9.64 Å². The van der Waals surface area contributed by atoms with Gasteiger partial charge in [0.2, 0.25) is 0 Å². The summed E-state index contributed by atoms with van der Waals surface area (Å²) in [5, 5.41) is 6.83. The minimum absolute atomic E-state index is 0.0575. The van der Waals surface area contributed by atoms with Crippen LogP contribution >= 0.6 is 0 Å². The van der Waals surface area contributed by atoms with Crippen LogP contribution in [-0.2, 0) is 10.9 Å². The van der Waals surface area contributed by atoms with E-state index in [4.69, 9.17) is 4.74 Å². The Morgan fingerprint density at radius 3 is 2.79 bits per heavy atom. The predicted octanol–water partition coefficient (Wildman–Crippen LogP) is 2.28. The molecule has 0 spiro atoms. The summed E-state index contributed by atoms with van der Waals surface area (Å²) in [6, 6.07) is 2.28. The van der Waals surface area contributed by atoms with Gasteiger partial charge >= 0.3 is 6.18 Å². The number of hydrogen-bond acceptors (Lipinski definition) is 4. The third-order valence-electron chi connectivity index (χ3n) is 2.86. The van der Waals surface area contributed by atoms with Crippen LogP contribution in [0.4, 0.5) is 19.0 Å². The first-order valence-corrected chi connectivity index (χ1v) is 5.89. The lowest BCUT2D eigenvalue weighted by molar-refractivity contribution is -0.141. The van der Waals surface area contributed by atoms with Crippen molar-refractivity contribution in [3.63, 3.8) is 0 Å². The third-order valence-corrected chi connectivity index (χ3v) is 2.86. The van der Waals surface area contributed by atoms with Gasteiger partial charge in [0.15, 0.2) is 11.5 Å². The Bertz CT molecular complexity index is 433. The largest absolute Gasteiger partial charge is 0.435 e. The summed E-state index contributed by atoms with van der Waals surface area (Å²) in [4.78, 5) is 1.86. The van der Waals surface area contributed by atoms with E-state index < -0.39 is 11.9 Å². The van der Waals surface area contributed by atoms with Crippen LogP contribution in [0, 0.1) is 0 Å². The van der Waals surface area contributed by atoms with E-state index in [0.717, 1.165) is 12.5 Å². The minimum Gasteiger partial charge on any atom is -0.372 e. The van der Waals surface area contributed by atoms with Crippen molar-refractivity contribution < 1.29 is 17.9 Å². The fraction of sp³-hybridized carbons (Fsp3) is 0.500. The summed E-state index contributed by atoms with van der Waals surface area (Å²) in [6.45, 7) is 5.33. The number of nitrogens with zero attached hydrogens (tertiary/aromatic N) is 3. The molecule has 1 aromatic heterocycles. The second-order valence-corrected chi connectivity index (χ2v) is 4.25. The van der Waals surface area contributed by atoms with E-state index in [-0.39, 0.29) is 6.10 Å². The normalized spacial score (nSPS) is 19.7. The van der Waals surface area contributed by atoms with Crippen LogP contribution in [0.1, 0.15) is 12.1 Å². The fourth-order valence-electron chi connectivity index (χ4n) is 1.92. The Labute approximate surface area is 108 Å². The molecule has 0 aliphatic carbocycles. The van der Waals surface area contributed by atoms with Crippen molar-refractivity contribution in [3.8, 4) is 0 Å². The Kier molecular flexibility index (Phi) is 4.04. The topological polar surface area (TPSA) is 38.2 Å². The maximum absolute atomic E-state index is 12.4. The predicted molar refractivity (Wildman–Crippen MR) is 63.8 cm³/mol. The summed E-state index contributed by atoms with van der Waals surface area (Å²) < 4.78 is 42.6. The molecule has 7 heteroatoms. The summed E-state index contributed by atoms with van der Waals surface area (Å²) in [5.41, 5.74) is -0.977. The molecule has 2 rings (SSSR count). The Balaban J connectivity index is 1.98. The van der Waals surface area contributed by atoms with Gasteiger partial charge in [-0.05, 0) is 18.6 Å². The van der Waals surface area contributed by atoms with E-state index in [1.807, 2.05) is 4.90 Å². The van der Waals surface area contributed by atoms with Gasteiger partial charge in [-0.15, -0.1) is 16.8 Å². The van der Waals surface area contributed by atoms with Gasteiger partial charge in [-0.2, -0.15) is 13.2 Å². The summed E-state index contributed by atoms with van der Waals surface area (Å²) in [5.74, 6) is 0.442. The number of aromatic nitrogens is 2. The quantitative estimate of drug-likeness (QED) is 0.789. The second kappa shape index (κ2) is 5.56. The van der Waals surface area contributed by atoms with Crippen LogP contribution in [0.25, 0.3) is 0 Å². The molecule has 4 nitrogen and oxygen atoms in total. The van der Waals surface area contributed by atoms with Gasteiger partial charge in [-0.1, -0.05) is 6.08 Å². The van der Waals surface area contributed by atoms with Crippen LogP contribution in [0.3, 0.4) is 0 Å². The molecule has 1 saturated heterocycles. The van der Waals surface area contributed by atoms with Crippen molar-refractivity contribution in [3.05, 3.63) is 30.5 Å². The molecule has 19 heavy (non-hydrogen) atoms. The molecule has 104 valence electrons. The van der Waals surface area contributed by atoms with E-state index in [1.54, 1.807) is 6.08 Å². The molecule has 0 N–H and O–H groups in total. The standard InChI is InChI=1S/C12H14F3N3O/c1-2-7-19-9-5-6-18(8-9)11-4-3-10(16-17-11)12(13,14)15/h2-4,9H,1,5-8H2. The smallest absolute Gasteiger partial charge is 0.372 e. The Morgan fingerprint density at radius 1 is 1.42 bits per heavy atom. The zero-order valence-electron chi connectivity index (χ0n) is 10.2. The number of halogens is 3. The molecule has 0 aromatic carbocycles. The van der Waals surface area contributed by atoms with Crippen molar-refractivity contribution in [2.75, 3.05) is 24.6 Å². The van der Waals surface area contributed by atoms with Crippen molar-refractivity contribution in [2.45, 2.75) is 18.7 Å². The zero-order valence-corrected chi connectivity index (χ0v) is 10.2. The van der Waals surface area contributed by atoms with Crippen LogP contribution in [-0.4, -0.2) is 36.0 Å². The van der Waals surface area contributed by atoms with Crippen LogP contribution < -0.4 is 4.90 Å². The molecule has 0 amide bonds. The molecule has 1 aromatic rings. The molecule has 0 bridgehead atoms. The number of hydrogen-bond donors (Lipinski definition) is 0. The maximum Gasteiger partial charge on any atom is 0.435 e. The van der Waals surface area contributed by atoms with E-state index in [1.165, 1.54) is 6.07 Å². The molecule has 1 aliphatic heterocycles. The van der Waals surface area contributed by atoms with E-state index in [9.17, 15) is 13.2 Å². The highest BCUT2D eigenvalue weighted by Crippen LogP contribution is 2.28. The molecule has 0 saturated carbocycles. The molecule has 0 radical (unpaired) electrons. The van der Waals surface area contributed by atoms with Crippen LogP contribution in [0.5, 0.6) is 0 Å². The average molecular weight is 273 g/mol. The Hall–Kier alpha value is -1.63. The minimum atomic E-state index is -4.45. The summed E-state index contributed by atoms with van der Waals surface area (Å²) in [6.07, 6.45) is -1.91. The van der Waals surface area contributed by atoms with Gasteiger partial charge in [0, 0.05) is 13.1 Å². The van der Waals surface area contributed by atoms with Crippen LogP contribution in [0.2, 0.25) is 0 Å². The van der Waals surface area contributed by atoms with Crippen molar-refractivity contribution in [1.82, 2.24) is 10.2 Å². The lowest BCUT2D eigenvalue weighted by Crippen LogP contribution is -2.24. The maximum atomic E-state index is 12.4. The highest BCUT2D eigenvalue weighted by Gasteiger charge is 2.33. The number of rotatable bonds is 4. The second-order valence-electron chi connectivity index (χ2n) is 4.25. The van der Waals surface area contributed by atoms with E-state index in [0.29, 0.717) is 25.5 Å². The SMILES string of the molecule is C=CCOC1CCN(c2ccc(C(F)(F)F)nn2)C1. The van der Waals surface area contributed by atoms with Crippen molar-refractivity contribution >= 4 is 5.82 Å². The first-order chi connectivity index (χ1) is 9.00. The van der Waals surface area contributed by atoms with E-state index >= 15 is 0 Å². The third kappa shape index (κ3) is 3.44. The number of ether oxygens (including phenoxy) is 1. The lowest BCUT2D eigenvalue weighted by Gasteiger charge is -2.17. The summed E-state index contributed by atoms with van der Waals surface area (Å²) in [7, 11) is 0. The van der Waals surface area contributed by atoms with Gasteiger partial charge in [0.25, 0.3) is 0 Å². The van der Waals surface area contributed by atoms with Gasteiger partial charge in [0.1, 0.15) is 0 Å². The molecule has 2 heterocycles. The average Bonchev–Trinajstić information content (AvgIpc) is 2.84. The van der Waals surface area contributed by atoms with Gasteiger partial charge in [-0.25, -0.2) is 0 Å². The molecular weight excluding hydrogens is 259 g/mol. The molecular formula is C12H14F3N3O. The number of anilines is 1. The van der Waals surface area contributed by atoms with Gasteiger partial charge in [-0.3, -0.25) is 0 Å².